The van der Waals surface area contributed by atoms with Crippen LogP contribution in [0.4, 0.5) is 11.4 Å². The monoisotopic (exact) mass is 315 g/mol. The minimum absolute atomic E-state index is 0.164. The summed E-state index contributed by atoms with van der Waals surface area (Å²) in [6, 6.07) is 8.17. The van der Waals surface area contributed by atoms with E-state index in [1.165, 1.54) is 12.5 Å². The Kier molecular flexibility index (Phi) is 4.70. The average Bonchev–Trinajstić information content (AvgIpc) is 3.10. The maximum atomic E-state index is 12.1. The van der Waals surface area contributed by atoms with Crippen LogP contribution in [0.2, 0.25) is 0 Å². The van der Waals surface area contributed by atoms with Gasteiger partial charge in [0.1, 0.15) is 12.3 Å². The van der Waals surface area contributed by atoms with Gasteiger partial charge >= 0.3 is 0 Å². The second-order valence-electron chi connectivity index (χ2n) is 5.12. The van der Waals surface area contributed by atoms with Gasteiger partial charge in [-0.15, -0.1) is 0 Å². The first-order chi connectivity index (χ1) is 11.2. The van der Waals surface area contributed by atoms with Crippen molar-refractivity contribution in [2.45, 2.75) is 6.04 Å². The standard InChI is InChI=1S/C16H17N3O4/c20-15(11-4-6-22-9-11)18-12-2-1-3-13(8-12)19-16(21)14-10-23-7-5-17-14/h1-4,6,8-9,14,17H,5,7,10H2,(H,18,20)(H,19,21). The number of hydrogen-bond donors (Lipinski definition) is 3. The molecular weight excluding hydrogens is 298 g/mol. The lowest BCUT2D eigenvalue weighted by Crippen LogP contribution is -2.48. The lowest BCUT2D eigenvalue weighted by Gasteiger charge is -2.23. The maximum Gasteiger partial charge on any atom is 0.258 e. The molecule has 7 nitrogen and oxygen atoms in total. The van der Waals surface area contributed by atoms with E-state index >= 15 is 0 Å². The summed E-state index contributed by atoms with van der Waals surface area (Å²) in [6.07, 6.45) is 2.81. The molecular formula is C16H17N3O4. The number of ether oxygens (including phenoxy) is 1. The molecule has 0 aliphatic carbocycles. The van der Waals surface area contributed by atoms with Crippen LogP contribution >= 0.6 is 0 Å². The largest absolute Gasteiger partial charge is 0.472 e. The van der Waals surface area contributed by atoms with Crippen LogP contribution < -0.4 is 16.0 Å². The summed E-state index contributed by atoms with van der Waals surface area (Å²) in [5.74, 6) is -0.437. The summed E-state index contributed by atoms with van der Waals surface area (Å²) in [6.45, 7) is 1.61. The number of morpholine rings is 1. The molecule has 1 atom stereocenters. The number of rotatable bonds is 4. The molecule has 1 unspecified atom stereocenters. The molecule has 0 radical (unpaired) electrons. The average molecular weight is 315 g/mol. The van der Waals surface area contributed by atoms with Gasteiger partial charge in [0.25, 0.3) is 5.91 Å². The molecule has 23 heavy (non-hydrogen) atoms. The first-order valence-corrected chi connectivity index (χ1v) is 7.28. The van der Waals surface area contributed by atoms with E-state index in [1.54, 1.807) is 30.3 Å². The molecule has 0 saturated carbocycles. The second kappa shape index (κ2) is 7.08. The van der Waals surface area contributed by atoms with Crippen molar-refractivity contribution in [1.29, 1.82) is 0 Å². The molecule has 3 N–H and O–H groups in total. The van der Waals surface area contributed by atoms with Gasteiger partial charge in [0.15, 0.2) is 0 Å². The molecule has 2 aromatic rings. The summed E-state index contributed by atoms with van der Waals surface area (Å²) in [5, 5.41) is 8.64. The molecule has 3 rings (SSSR count). The predicted octanol–water partition coefficient (Wildman–Crippen LogP) is 1.46. The van der Waals surface area contributed by atoms with Crippen molar-refractivity contribution >= 4 is 23.2 Å². The number of carbonyl (C=O) groups excluding carboxylic acids is 2. The Morgan fingerprint density at radius 3 is 2.70 bits per heavy atom. The number of amides is 2. The van der Waals surface area contributed by atoms with Crippen molar-refractivity contribution in [2.75, 3.05) is 30.4 Å². The second-order valence-corrected chi connectivity index (χ2v) is 5.12. The van der Waals surface area contributed by atoms with E-state index < -0.39 is 0 Å². The van der Waals surface area contributed by atoms with Gasteiger partial charge in [-0.2, -0.15) is 0 Å². The zero-order valence-electron chi connectivity index (χ0n) is 12.4. The summed E-state index contributed by atoms with van der Waals surface area (Å²) in [5.41, 5.74) is 1.62. The van der Waals surface area contributed by atoms with E-state index in [0.29, 0.717) is 36.7 Å². The SMILES string of the molecule is O=C(Nc1cccc(NC(=O)C2COCCN2)c1)c1ccoc1. The van der Waals surface area contributed by atoms with Crippen LogP contribution in [-0.4, -0.2) is 37.6 Å². The first kappa shape index (κ1) is 15.3. The molecule has 1 aliphatic rings. The van der Waals surface area contributed by atoms with Gasteiger partial charge in [-0.25, -0.2) is 0 Å². The molecule has 1 aromatic carbocycles. The quantitative estimate of drug-likeness (QED) is 0.794. The van der Waals surface area contributed by atoms with Crippen molar-refractivity contribution in [3.8, 4) is 0 Å². The van der Waals surface area contributed by atoms with Crippen molar-refractivity contribution in [3.05, 3.63) is 48.4 Å². The number of benzene rings is 1. The van der Waals surface area contributed by atoms with E-state index in [9.17, 15) is 9.59 Å². The number of hydrogen-bond acceptors (Lipinski definition) is 5. The molecule has 1 saturated heterocycles. The van der Waals surface area contributed by atoms with Gasteiger partial charge in [-0.3, -0.25) is 9.59 Å². The molecule has 2 amide bonds. The molecule has 0 spiro atoms. The molecule has 1 aliphatic heterocycles. The van der Waals surface area contributed by atoms with Crippen molar-refractivity contribution in [2.24, 2.45) is 0 Å². The van der Waals surface area contributed by atoms with Gasteiger partial charge in [-0.05, 0) is 24.3 Å². The number of furan rings is 1. The fourth-order valence-corrected chi connectivity index (χ4v) is 2.23. The Labute approximate surface area is 133 Å². The van der Waals surface area contributed by atoms with Crippen LogP contribution in [0.25, 0.3) is 0 Å². The lowest BCUT2D eigenvalue weighted by molar-refractivity contribution is -0.120. The Morgan fingerprint density at radius 2 is 2.00 bits per heavy atom. The highest BCUT2D eigenvalue weighted by molar-refractivity contribution is 6.04. The number of carbonyl (C=O) groups is 2. The van der Waals surface area contributed by atoms with E-state index in [4.69, 9.17) is 9.15 Å². The third-order valence-corrected chi connectivity index (χ3v) is 3.41. The van der Waals surface area contributed by atoms with Gasteiger partial charge in [-0.1, -0.05) is 6.07 Å². The first-order valence-electron chi connectivity index (χ1n) is 7.28. The number of anilines is 2. The van der Waals surface area contributed by atoms with E-state index in [0.717, 1.165) is 0 Å². The van der Waals surface area contributed by atoms with Crippen LogP contribution in [0, 0.1) is 0 Å². The van der Waals surface area contributed by atoms with Crippen molar-refractivity contribution < 1.29 is 18.7 Å². The predicted molar refractivity (Wildman–Crippen MR) is 84.3 cm³/mol. The lowest BCUT2D eigenvalue weighted by atomic mass is 10.2. The minimum Gasteiger partial charge on any atom is -0.472 e. The fourth-order valence-electron chi connectivity index (χ4n) is 2.23. The van der Waals surface area contributed by atoms with Crippen LogP contribution in [-0.2, 0) is 9.53 Å². The topological polar surface area (TPSA) is 92.6 Å². The summed E-state index contributed by atoms with van der Waals surface area (Å²) >= 11 is 0. The highest BCUT2D eigenvalue weighted by Crippen LogP contribution is 2.16. The number of nitrogens with one attached hydrogen (secondary N) is 3. The Hall–Kier alpha value is -2.64. The van der Waals surface area contributed by atoms with Gasteiger partial charge < -0.3 is 25.1 Å². The highest BCUT2D eigenvalue weighted by atomic mass is 16.5. The summed E-state index contributed by atoms with van der Waals surface area (Å²) < 4.78 is 10.1. The molecule has 7 heteroatoms. The Bertz CT molecular complexity index is 678. The van der Waals surface area contributed by atoms with Crippen LogP contribution in [0.5, 0.6) is 0 Å². The van der Waals surface area contributed by atoms with E-state index in [-0.39, 0.29) is 17.9 Å². The zero-order chi connectivity index (χ0) is 16.1. The van der Waals surface area contributed by atoms with Crippen molar-refractivity contribution in [1.82, 2.24) is 5.32 Å². The van der Waals surface area contributed by atoms with Gasteiger partial charge in [0.2, 0.25) is 5.91 Å². The zero-order valence-corrected chi connectivity index (χ0v) is 12.4. The molecule has 0 bridgehead atoms. The molecule has 1 fully saturated rings. The summed E-state index contributed by atoms with van der Waals surface area (Å²) in [4.78, 5) is 24.1. The normalized spacial score (nSPS) is 17.5. The van der Waals surface area contributed by atoms with E-state index in [2.05, 4.69) is 16.0 Å². The maximum absolute atomic E-state index is 12.1. The van der Waals surface area contributed by atoms with Gasteiger partial charge in [0, 0.05) is 17.9 Å². The van der Waals surface area contributed by atoms with Crippen molar-refractivity contribution in [3.63, 3.8) is 0 Å². The highest BCUT2D eigenvalue weighted by Gasteiger charge is 2.21. The minimum atomic E-state index is -0.368. The third kappa shape index (κ3) is 3.97. The van der Waals surface area contributed by atoms with Crippen LogP contribution in [0.1, 0.15) is 10.4 Å². The smallest absolute Gasteiger partial charge is 0.258 e. The van der Waals surface area contributed by atoms with Gasteiger partial charge in [0.05, 0.1) is 25.0 Å². The van der Waals surface area contributed by atoms with E-state index in [1.807, 2.05) is 0 Å². The van der Waals surface area contributed by atoms with Crippen LogP contribution in [0.15, 0.2) is 47.3 Å². The Morgan fingerprint density at radius 1 is 1.17 bits per heavy atom. The fraction of sp³-hybridized carbons (Fsp3) is 0.250. The third-order valence-electron chi connectivity index (χ3n) is 3.41. The Balaban J connectivity index is 1.62. The molecule has 2 heterocycles. The molecule has 120 valence electrons. The summed E-state index contributed by atoms with van der Waals surface area (Å²) in [7, 11) is 0. The molecule has 1 aromatic heterocycles. The van der Waals surface area contributed by atoms with Crippen LogP contribution in [0.3, 0.4) is 0 Å².